The van der Waals surface area contributed by atoms with Crippen molar-refractivity contribution in [3.05, 3.63) is 43.8 Å². The Bertz CT molecular complexity index is 1050. The Labute approximate surface area is 175 Å². The largest absolute Gasteiger partial charge is 0.432 e. The average molecular weight is 475 g/mol. The standard InChI is InChI=1S/C16H10Cl3F4N3OS/c1-3-10-24-25-15(28-10)27-9-4-6(8(20)5-7(9)17)11-12(18)13(16(21,22)23)26(2)14(11)19/h4-5H,3H2,1-2H3. The Balaban J connectivity index is 2.13. The summed E-state index contributed by atoms with van der Waals surface area (Å²) in [6, 6.07) is 2.03. The fourth-order valence-electron chi connectivity index (χ4n) is 2.48. The molecule has 28 heavy (non-hydrogen) atoms. The first kappa shape index (κ1) is 21.2. The smallest absolute Gasteiger partial charge is 0.428 e. The number of hydrogen-bond acceptors (Lipinski definition) is 4. The predicted molar refractivity (Wildman–Crippen MR) is 100 cm³/mol. The third-order valence-corrected chi connectivity index (χ3v) is 5.82. The zero-order valence-corrected chi connectivity index (χ0v) is 17.2. The van der Waals surface area contributed by atoms with Crippen LogP contribution in [0.15, 0.2) is 12.1 Å². The van der Waals surface area contributed by atoms with Crippen LogP contribution in [0.3, 0.4) is 0 Å². The Hall–Kier alpha value is -1.55. The number of aromatic nitrogens is 3. The van der Waals surface area contributed by atoms with Crippen LogP contribution >= 0.6 is 46.1 Å². The molecule has 2 aromatic heterocycles. The number of nitrogens with zero attached hydrogens (tertiary/aromatic N) is 3. The molecule has 0 aliphatic carbocycles. The second-order valence-corrected chi connectivity index (χ2v) is 7.73. The molecule has 0 amide bonds. The monoisotopic (exact) mass is 473 g/mol. The van der Waals surface area contributed by atoms with E-state index in [0.717, 1.165) is 30.5 Å². The molecule has 2 heterocycles. The number of ether oxygens (including phenoxy) is 1. The van der Waals surface area contributed by atoms with Crippen molar-refractivity contribution in [2.75, 3.05) is 0 Å². The maximum absolute atomic E-state index is 14.5. The van der Waals surface area contributed by atoms with Gasteiger partial charge in [-0.2, -0.15) is 13.2 Å². The highest BCUT2D eigenvalue weighted by Gasteiger charge is 2.40. The highest BCUT2D eigenvalue weighted by Crippen LogP contribution is 2.47. The molecule has 12 heteroatoms. The van der Waals surface area contributed by atoms with Crippen LogP contribution in [0.2, 0.25) is 15.2 Å². The van der Waals surface area contributed by atoms with Crippen molar-refractivity contribution >= 4 is 46.1 Å². The van der Waals surface area contributed by atoms with Gasteiger partial charge >= 0.3 is 6.18 Å². The van der Waals surface area contributed by atoms with Crippen LogP contribution in [0.4, 0.5) is 17.6 Å². The molecule has 0 aliphatic rings. The minimum absolute atomic E-state index is 0.0265. The number of aryl methyl sites for hydroxylation is 1. The first-order valence-corrected chi connectivity index (χ1v) is 9.60. The summed E-state index contributed by atoms with van der Waals surface area (Å²) in [7, 11) is 1.08. The Kier molecular flexibility index (Phi) is 5.82. The third-order valence-electron chi connectivity index (χ3n) is 3.77. The Morgan fingerprint density at radius 2 is 1.86 bits per heavy atom. The topological polar surface area (TPSA) is 39.9 Å². The molecule has 0 N–H and O–H groups in total. The van der Waals surface area contributed by atoms with E-state index < -0.39 is 22.7 Å². The molecule has 3 rings (SSSR count). The molecular weight excluding hydrogens is 465 g/mol. The maximum atomic E-state index is 14.5. The summed E-state index contributed by atoms with van der Waals surface area (Å²) in [4.78, 5) is 0. The molecule has 0 saturated carbocycles. The second kappa shape index (κ2) is 7.70. The normalized spacial score (nSPS) is 11.9. The van der Waals surface area contributed by atoms with Gasteiger partial charge in [-0.15, -0.1) is 5.10 Å². The van der Waals surface area contributed by atoms with Gasteiger partial charge in [0.15, 0.2) is 0 Å². The molecule has 0 fully saturated rings. The maximum Gasteiger partial charge on any atom is 0.432 e. The van der Waals surface area contributed by atoms with Crippen molar-refractivity contribution in [3.63, 3.8) is 0 Å². The summed E-state index contributed by atoms with van der Waals surface area (Å²) >= 11 is 19.1. The lowest BCUT2D eigenvalue weighted by molar-refractivity contribution is -0.142. The lowest BCUT2D eigenvalue weighted by atomic mass is 10.1. The fourth-order valence-corrected chi connectivity index (χ4v) is 4.07. The second-order valence-electron chi connectivity index (χ2n) is 5.56. The van der Waals surface area contributed by atoms with E-state index in [2.05, 4.69) is 10.2 Å². The first-order chi connectivity index (χ1) is 13.0. The van der Waals surface area contributed by atoms with Gasteiger partial charge in [0, 0.05) is 18.2 Å². The molecule has 0 radical (unpaired) electrons. The quantitative estimate of drug-likeness (QED) is 0.382. The number of halogens is 7. The third kappa shape index (κ3) is 3.80. The van der Waals surface area contributed by atoms with Crippen LogP contribution in [0, 0.1) is 5.82 Å². The SMILES string of the molecule is CCc1nnc(Oc2cc(-c3c(Cl)c(C(F)(F)F)n(C)c3Cl)c(F)cc2Cl)s1. The summed E-state index contributed by atoms with van der Waals surface area (Å²) < 4.78 is 60.5. The number of alkyl halides is 3. The first-order valence-electron chi connectivity index (χ1n) is 7.65. The van der Waals surface area contributed by atoms with E-state index in [1.165, 1.54) is 0 Å². The molecular formula is C16H10Cl3F4N3OS. The molecule has 0 unspecified atom stereocenters. The van der Waals surface area contributed by atoms with Gasteiger partial charge in [-0.25, -0.2) is 4.39 Å². The number of benzene rings is 1. The Morgan fingerprint density at radius 3 is 2.39 bits per heavy atom. The van der Waals surface area contributed by atoms with E-state index in [1.807, 2.05) is 6.92 Å². The predicted octanol–water partition coefficient (Wildman–Crippen LogP) is 7.02. The van der Waals surface area contributed by atoms with Crippen LogP contribution in [0.25, 0.3) is 11.1 Å². The van der Waals surface area contributed by atoms with Crippen molar-refractivity contribution in [1.29, 1.82) is 0 Å². The van der Waals surface area contributed by atoms with Gasteiger partial charge < -0.3 is 9.30 Å². The zero-order valence-electron chi connectivity index (χ0n) is 14.2. The van der Waals surface area contributed by atoms with Crippen molar-refractivity contribution in [3.8, 4) is 22.1 Å². The summed E-state index contributed by atoms with van der Waals surface area (Å²) in [5.41, 5.74) is -1.80. The molecule has 0 bridgehead atoms. The summed E-state index contributed by atoms with van der Waals surface area (Å²) in [5.74, 6) is -0.937. The van der Waals surface area contributed by atoms with E-state index >= 15 is 0 Å². The van der Waals surface area contributed by atoms with Gasteiger partial charge in [0.25, 0.3) is 5.19 Å². The van der Waals surface area contributed by atoms with Crippen LogP contribution < -0.4 is 4.74 Å². The molecule has 0 aliphatic heterocycles. The van der Waals surface area contributed by atoms with E-state index in [4.69, 9.17) is 39.5 Å². The van der Waals surface area contributed by atoms with E-state index in [0.29, 0.717) is 16.0 Å². The highest BCUT2D eigenvalue weighted by atomic mass is 35.5. The van der Waals surface area contributed by atoms with E-state index in [-0.39, 0.29) is 32.2 Å². The van der Waals surface area contributed by atoms with Crippen LogP contribution in [0.1, 0.15) is 17.6 Å². The summed E-state index contributed by atoms with van der Waals surface area (Å²) in [6.45, 7) is 1.88. The van der Waals surface area contributed by atoms with Crippen molar-refractivity contribution < 1.29 is 22.3 Å². The minimum atomic E-state index is -4.78. The highest BCUT2D eigenvalue weighted by molar-refractivity contribution is 7.13. The summed E-state index contributed by atoms with van der Waals surface area (Å²) in [6.07, 6.45) is -4.14. The fraction of sp³-hybridized carbons (Fsp3) is 0.250. The van der Waals surface area contributed by atoms with Crippen LogP contribution in [-0.2, 0) is 19.6 Å². The molecule has 3 aromatic rings. The van der Waals surface area contributed by atoms with Crippen molar-refractivity contribution in [2.45, 2.75) is 19.5 Å². The number of rotatable bonds is 4. The summed E-state index contributed by atoms with van der Waals surface area (Å²) in [5, 5.41) is 7.35. The lowest BCUT2D eigenvalue weighted by Crippen LogP contribution is -2.11. The van der Waals surface area contributed by atoms with Crippen LogP contribution in [0.5, 0.6) is 10.9 Å². The van der Waals surface area contributed by atoms with Gasteiger partial charge in [0.1, 0.15) is 27.4 Å². The molecule has 0 saturated heterocycles. The minimum Gasteiger partial charge on any atom is -0.428 e. The molecule has 1 aromatic carbocycles. The van der Waals surface area contributed by atoms with Crippen molar-refractivity contribution in [1.82, 2.24) is 14.8 Å². The van der Waals surface area contributed by atoms with Gasteiger partial charge in [-0.3, -0.25) is 0 Å². The average Bonchev–Trinajstić information content (AvgIpc) is 3.13. The Morgan fingerprint density at radius 1 is 1.18 bits per heavy atom. The molecule has 0 spiro atoms. The lowest BCUT2D eigenvalue weighted by Gasteiger charge is -2.09. The number of hydrogen-bond donors (Lipinski definition) is 0. The van der Waals surface area contributed by atoms with Gasteiger partial charge in [-0.1, -0.05) is 58.2 Å². The molecule has 4 nitrogen and oxygen atoms in total. The van der Waals surface area contributed by atoms with Gasteiger partial charge in [0.2, 0.25) is 0 Å². The van der Waals surface area contributed by atoms with E-state index in [1.54, 1.807) is 0 Å². The molecule has 0 atom stereocenters. The molecule has 150 valence electrons. The zero-order chi connectivity index (χ0) is 20.8. The van der Waals surface area contributed by atoms with Crippen LogP contribution in [-0.4, -0.2) is 14.8 Å². The van der Waals surface area contributed by atoms with Gasteiger partial charge in [0.05, 0.1) is 10.0 Å². The van der Waals surface area contributed by atoms with Gasteiger partial charge in [-0.05, 0) is 18.6 Å². The van der Waals surface area contributed by atoms with Crippen molar-refractivity contribution in [2.24, 2.45) is 7.05 Å². The van der Waals surface area contributed by atoms with E-state index in [9.17, 15) is 17.6 Å².